The zero-order valence-corrected chi connectivity index (χ0v) is 15.7. The molecular weight excluding hydrogens is 288 g/mol. The molecule has 0 N–H and O–H groups in total. The van der Waals surface area contributed by atoms with E-state index < -0.39 is 0 Å². The first-order valence-corrected chi connectivity index (χ1v) is 10.3. The Balaban J connectivity index is 2.63. The van der Waals surface area contributed by atoms with Crippen LogP contribution in [0.4, 0.5) is 0 Å². The lowest BCUT2D eigenvalue weighted by atomic mass is 9.90. The van der Waals surface area contributed by atoms with Crippen LogP contribution in [0.2, 0.25) is 0 Å². The van der Waals surface area contributed by atoms with Crippen molar-refractivity contribution in [2.75, 3.05) is 0 Å². The zero-order valence-electron chi connectivity index (χ0n) is 14.9. The molecule has 0 aromatic heterocycles. The number of hydrogen-bond acceptors (Lipinski definition) is 2. The van der Waals surface area contributed by atoms with Crippen molar-refractivity contribution in [3.8, 4) is 0 Å². The van der Waals surface area contributed by atoms with Crippen molar-refractivity contribution in [2.24, 2.45) is 0 Å². The van der Waals surface area contributed by atoms with Gasteiger partial charge in [0.1, 0.15) is 0 Å². The second kappa shape index (κ2) is 11.3. The summed E-state index contributed by atoms with van der Waals surface area (Å²) in [5.74, 6) is 0. The van der Waals surface area contributed by atoms with Crippen molar-refractivity contribution < 1.29 is 4.79 Å². The van der Waals surface area contributed by atoms with Gasteiger partial charge in [-0.25, -0.2) is 0 Å². The van der Waals surface area contributed by atoms with E-state index in [1.165, 1.54) is 89.9 Å². The molecule has 128 valence electrons. The lowest BCUT2D eigenvalue weighted by molar-refractivity contribution is -0.107. The molecule has 0 saturated heterocycles. The summed E-state index contributed by atoms with van der Waals surface area (Å²) in [7, 11) is 0. The third kappa shape index (κ3) is 7.85. The third-order valence-corrected chi connectivity index (χ3v) is 6.49. The van der Waals surface area contributed by atoms with Crippen molar-refractivity contribution in [2.45, 2.75) is 108 Å². The van der Waals surface area contributed by atoms with Crippen LogP contribution in [0.15, 0.2) is 12.2 Å². The van der Waals surface area contributed by atoms with Crippen LogP contribution in [-0.2, 0) is 4.79 Å². The van der Waals surface area contributed by atoms with Crippen molar-refractivity contribution in [3.05, 3.63) is 12.2 Å². The Labute approximate surface area is 142 Å². The van der Waals surface area contributed by atoms with Gasteiger partial charge in [-0.1, -0.05) is 95.9 Å². The maximum Gasteiger partial charge on any atom is 0.214 e. The first kappa shape index (κ1) is 19.8. The summed E-state index contributed by atoms with van der Waals surface area (Å²) in [6, 6.07) is 0. The average Bonchev–Trinajstić information content (AvgIpc) is 2.60. The molecule has 1 saturated carbocycles. The topological polar surface area (TPSA) is 17.1 Å². The largest absolute Gasteiger partial charge is 0.282 e. The van der Waals surface area contributed by atoms with Crippen LogP contribution in [0.25, 0.3) is 0 Å². The smallest absolute Gasteiger partial charge is 0.214 e. The SMILES string of the molecule is C=C(C)C(=O)SC1(CCCCCCC)CCCCCCCC1. The van der Waals surface area contributed by atoms with Crippen LogP contribution in [0, 0.1) is 0 Å². The van der Waals surface area contributed by atoms with Gasteiger partial charge in [0, 0.05) is 4.75 Å². The van der Waals surface area contributed by atoms with Crippen LogP contribution in [-0.4, -0.2) is 9.86 Å². The van der Waals surface area contributed by atoms with Crippen LogP contribution < -0.4 is 0 Å². The van der Waals surface area contributed by atoms with E-state index in [4.69, 9.17) is 0 Å². The van der Waals surface area contributed by atoms with E-state index in [2.05, 4.69) is 13.5 Å². The molecule has 0 aromatic rings. The molecule has 1 aliphatic carbocycles. The predicted molar refractivity (Wildman–Crippen MR) is 100 cm³/mol. The number of thioether (sulfide) groups is 1. The molecule has 0 unspecified atom stereocenters. The summed E-state index contributed by atoms with van der Waals surface area (Å²) in [5, 5.41) is 0.229. The van der Waals surface area contributed by atoms with Crippen molar-refractivity contribution >= 4 is 16.9 Å². The highest BCUT2D eigenvalue weighted by molar-refractivity contribution is 8.15. The van der Waals surface area contributed by atoms with E-state index in [0.717, 1.165) is 5.57 Å². The number of carbonyl (C=O) groups excluding carboxylic acids is 1. The quantitative estimate of drug-likeness (QED) is 0.351. The molecule has 0 spiro atoms. The molecule has 0 atom stereocenters. The van der Waals surface area contributed by atoms with Gasteiger partial charge in [-0.2, -0.15) is 0 Å². The fraction of sp³-hybridized carbons (Fsp3) is 0.850. The number of carbonyl (C=O) groups is 1. The minimum Gasteiger partial charge on any atom is -0.282 e. The fourth-order valence-electron chi connectivity index (χ4n) is 3.46. The third-order valence-electron chi connectivity index (χ3n) is 4.91. The highest BCUT2D eigenvalue weighted by Crippen LogP contribution is 2.43. The molecule has 0 heterocycles. The van der Waals surface area contributed by atoms with Gasteiger partial charge in [0.2, 0.25) is 5.12 Å². The molecule has 22 heavy (non-hydrogen) atoms. The van der Waals surface area contributed by atoms with Crippen molar-refractivity contribution in [1.82, 2.24) is 0 Å². The van der Waals surface area contributed by atoms with E-state index in [0.29, 0.717) is 0 Å². The van der Waals surface area contributed by atoms with Gasteiger partial charge in [-0.3, -0.25) is 4.79 Å². The Kier molecular flexibility index (Phi) is 10.2. The zero-order chi connectivity index (χ0) is 16.3. The molecule has 0 aromatic carbocycles. The summed E-state index contributed by atoms with van der Waals surface area (Å²) in [5.41, 5.74) is 0.718. The van der Waals surface area contributed by atoms with E-state index in [9.17, 15) is 4.79 Å². The highest BCUT2D eigenvalue weighted by Gasteiger charge is 2.32. The predicted octanol–water partition coefficient (Wildman–Crippen LogP) is 7.06. The maximum absolute atomic E-state index is 12.3. The fourth-order valence-corrected chi connectivity index (χ4v) is 4.77. The van der Waals surface area contributed by atoms with E-state index in [-0.39, 0.29) is 9.86 Å². The monoisotopic (exact) mass is 324 g/mol. The molecule has 1 fully saturated rings. The summed E-state index contributed by atoms with van der Waals surface area (Å²) < 4.78 is 0.201. The Hall–Kier alpha value is -0.240. The molecule has 0 amide bonds. The molecule has 0 aliphatic heterocycles. The van der Waals surface area contributed by atoms with Gasteiger partial charge >= 0.3 is 0 Å². The molecule has 2 heteroatoms. The Morgan fingerprint density at radius 2 is 1.50 bits per heavy atom. The number of hydrogen-bond donors (Lipinski definition) is 0. The van der Waals surface area contributed by atoms with E-state index >= 15 is 0 Å². The Morgan fingerprint density at radius 1 is 0.955 bits per heavy atom. The molecule has 0 radical (unpaired) electrons. The van der Waals surface area contributed by atoms with Gasteiger partial charge in [0.05, 0.1) is 0 Å². The van der Waals surface area contributed by atoms with E-state index in [1.54, 1.807) is 11.8 Å². The summed E-state index contributed by atoms with van der Waals surface area (Å²) in [6.07, 6.45) is 18.3. The Morgan fingerprint density at radius 3 is 2.05 bits per heavy atom. The summed E-state index contributed by atoms with van der Waals surface area (Å²) in [6.45, 7) is 7.99. The first-order valence-electron chi connectivity index (χ1n) is 9.48. The average molecular weight is 325 g/mol. The standard InChI is InChI=1S/C20H36OS/c1-4-5-6-9-12-15-20(22-19(21)18(2)3)16-13-10-7-8-11-14-17-20/h2,4-17H2,1,3H3. The lowest BCUT2D eigenvalue weighted by Gasteiger charge is -2.33. The molecule has 1 nitrogen and oxygen atoms in total. The van der Waals surface area contributed by atoms with Gasteiger partial charge in [-0.05, 0) is 31.8 Å². The first-order chi connectivity index (χ1) is 10.6. The van der Waals surface area contributed by atoms with Gasteiger partial charge < -0.3 is 0 Å². The Bertz CT molecular complexity index is 325. The number of unbranched alkanes of at least 4 members (excludes halogenated alkanes) is 4. The summed E-state index contributed by atoms with van der Waals surface area (Å²) in [4.78, 5) is 12.3. The van der Waals surface area contributed by atoms with Crippen LogP contribution in [0.1, 0.15) is 104 Å². The summed E-state index contributed by atoms with van der Waals surface area (Å²) >= 11 is 1.63. The minimum atomic E-state index is 0.201. The molecular formula is C20H36OS. The van der Waals surface area contributed by atoms with Gasteiger partial charge in [0.25, 0.3) is 0 Å². The second-order valence-corrected chi connectivity index (χ2v) is 8.58. The number of rotatable bonds is 8. The maximum atomic E-state index is 12.3. The lowest BCUT2D eigenvalue weighted by Crippen LogP contribution is -2.27. The van der Waals surface area contributed by atoms with Gasteiger partial charge in [0.15, 0.2) is 0 Å². The van der Waals surface area contributed by atoms with Crippen molar-refractivity contribution in [1.29, 1.82) is 0 Å². The van der Waals surface area contributed by atoms with Gasteiger partial charge in [-0.15, -0.1) is 0 Å². The normalized spacial score (nSPS) is 19.0. The van der Waals surface area contributed by atoms with E-state index in [1.807, 2.05) is 6.92 Å². The molecule has 0 bridgehead atoms. The highest BCUT2D eigenvalue weighted by atomic mass is 32.2. The minimum absolute atomic E-state index is 0.201. The van der Waals surface area contributed by atoms with Crippen LogP contribution in [0.5, 0.6) is 0 Å². The van der Waals surface area contributed by atoms with Crippen LogP contribution in [0.3, 0.4) is 0 Å². The van der Waals surface area contributed by atoms with Crippen molar-refractivity contribution in [3.63, 3.8) is 0 Å². The molecule has 1 rings (SSSR count). The second-order valence-electron chi connectivity index (χ2n) is 7.14. The molecule has 1 aliphatic rings. The van der Waals surface area contributed by atoms with Crippen LogP contribution >= 0.6 is 11.8 Å².